The minimum absolute atomic E-state index is 0.596. The fourth-order valence-corrected chi connectivity index (χ4v) is 6.84. The van der Waals surface area contributed by atoms with Crippen LogP contribution in [0.4, 0.5) is 5.69 Å². The summed E-state index contributed by atoms with van der Waals surface area (Å²) in [7, 11) is 1.86. The fraction of sp³-hybridized carbons (Fsp3) is 0.226. The maximum absolute atomic E-state index is 12.6. The molecule has 2 aromatic heterocycles. The Bertz CT molecular complexity index is 1770. The molecule has 2 heterocycles. The molecule has 5 rings (SSSR count). The van der Waals surface area contributed by atoms with Crippen LogP contribution in [-0.4, -0.2) is 39.9 Å². The summed E-state index contributed by atoms with van der Waals surface area (Å²) in [5, 5.41) is 23.4. The van der Waals surface area contributed by atoms with Crippen molar-refractivity contribution < 1.29 is 20.0 Å². The van der Waals surface area contributed by atoms with Crippen LogP contribution >= 0.6 is 34.3 Å². The number of aliphatic carboxylic acids is 1. The Morgan fingerprint density at radius 1 is 1.10 bits per heavy atom. The van der Waals surface area contributed by atoms with Crippen LogP contribution in [0.15, 0.2) is 53.9 Å². The number of thiazole rings is 2. The Kier molecular flexibility index (Phi) is 7.98. The highest BCUT2D eigenvalue weighted by molar-refractivity contribution is 7.25. The van der Waals surface area contributed by atoms with E-state index in [2.05, 4.69) is 5.32 Å². The van der Waals surface area contributed by atoms with Gasteiger partial charge in [0.2, 0.25) is 0 Å². The molecule has 0 aliphatic rings. The summed E-state index contributed by atoms with van der Waals surface area (Å²) < 4.78 is 6.98. The van der Waals surface area contributed by atoms with Gasteiger partial charge in [-0.1, -0.05) is 29.8 Å². The average Bonchev–Trinajstić information content (AvgIpc) is 3.58. The zero-order valence-corrected chi connectivity index (χ0v) is 25.7. The molecule has 4 N–H and O–H groups in total. The van der Waals surface area contributed by atoms with E-state index in [1.54, 1.807) is 18.3 Å². The van der Waals surface area contributed by atoms with Gasteiger partial charge < -0.3 is 15.2 Å². The Hall–Kier alpha value is -3.63. The van der Waals surface area contributed by atoms with Crippen LogP contribution in [0.5, 0.6) is 0 Å². The lowest BCUT2D eigenvalue weighted by Crippen LogP contribution is -2.30. The van der Waals surface area contributed by atoms with Gasteiger partial charge in [0.1, 0.15) is 0 Å². The maximum atomic E-state index is 12.6. The van der Waals surface area contributed by atoms with Gasteiger partial charge in [-0.15, -0.1) is 22.7 Å². The Morgan fingerprint density at radius 3 is 2.44 bits per heavy atom. The van der Waals surface area contributed by atoms with Crippen molar-refractivity contribution in [3.8, 4) is 32.4 Å². The molecule has 41 heavy (non-hydrogen) atoms. The van der Waals surface area contributed by atoms with Crippen molar-refractivity contribution in [2.24, 2.45) is 0 Å². The average molecular weight is 606 g/mol. The first kappa shape index (κ1) is 28.9. The van der Waals surface area contributed by atoms with Crippen LogP contribution in [0.3, 0.4) is 0 Å². The van der Waals surface area contributed by atoms with E-state index < -0.39 is 17.7 Å². The molecule has 0 saturated carbocycles. The third-order valence-corrected chi connectivity index (χ3v) is 8.83. The van der Waals surface area contributed by atoms with E-state index in [9.17, 15) is 9.90 Å². The van der Waals surface area contributed by atoms with Crippen LogP contribution in [0, 0.1) is 6.92 Å². The zero-order valence-electron chi connectivity index (χ0n) is 23.3. The number of fused-ring (bicyclic) bond motifs is 1. The SMILES string of the molecule is CNc1ccc(-c2csc(-c3nc4cc(C)c([C@H](OC(C)(C)C)C(=O)O)c(-c5ccc(Cl)cc5)c4s3)n2)cc1C=[NH2+]. The molecule has 0 saturated heterocycles. The van der Waals surface area contributed by atoms with E-state index in [0.29, 0.717) is 10.6 Å². The summed E-state index contributed by atoms with van der Waals surface area (Å²) in [6.07, 6.45) is 0.401. The summed E-state index contributed by atoms with van der Waals surface area (Å²) in [5.74, 6) is -1.05. The normalized spacial score (nSPS) is 12.4. The van der Waals surface area contributed by atoms with Gasteiger partial charge >= 0.3 is 5.97 Å². The molecular weight excluding hydrogens is 576 g/mol. The number of carboxylic acid groups (broad SMARTS) is 1. The first-order valence-electron chi connectivity index (χ1n) is 12.9. The van der Waals surface area contributed by atoms with E-state index in [0.717, 1.165) is 59.4 Å². The van der Waals surface area contributed by atoms with Crippen LogP contribution in [0.1, 0.15) is 43.6 Å². The predicted molar refractivity (Wildman–Crippen MR) is 169 cm³/mol. The van der Waals surface area contributed by atoms with Crippen LogP contribution < -0.4 is 10.7 Å². The fourth-order valence-electron chi connectivity index (χ4n) is 4.72. The van der Waals surface area contributed by atoms with Gasteiger partial charge in [-0.05, 0) is 69.2 Å². The molecule has 210 valence electrons. The third kappa shape index (κ3) is 5.90. The third-order valence-electron chi connectivity index (χ3n) is 6.50. The Morgan fingerprint density at radius 2 is 1.80 bits per heavy atom. The number of carbonyl (C=O) groups is 1. The van der Waals surface area contributed by atoms with E-state index in [4.69, 9.17) is 31.7 Å². The van der Waals surface area contributed by atoms with Crippen molar-refractivity contribution in [3.63, 3.8) is 0 Å². The Balaban J connectivity index is 1.68. The van der Waals surface area contributed by atoms with Gasteiger partial charge in [-0.3, -0.25) is 5.41 Å². The molecule has 5 aromatic rings. The van der Waals surface area contributed by atoms with Gasteiger partial charge in [0, 0.05) is 39.8 Å². The van der Waals surface area contributed by atoms with Crippen molar-refractivity contribution in [3.05, 3.63) is 75.6 Å². The van der Waals surface area contributed by atoms with Gasteiger partial charge in [0.05, 0.1) is 27.1 Å². The first-order chi connectivity index (χ1) is 19.5. The lowest BCUT2D eigenvalue weighted by atomic mass is 9.91. The van der Waals surface area contributed by atoms with Crippen LogP contribution in [0.25, 0.3) is 42.6 Å². The number of anilines is 1. The summed E-state index contributed by atoms with van der Waals surface area (Å²) >= 11 is 9.21. The molecule has 0 aliphatic heterocycles. The standard InChI is InChI=1S/C31H29ClN4O3S2/c1-16-12-22-27(25(17-6-9-20(32)10-7-17)24(16)26(30(37)38)39-31(2,3)4)41-29(35-22)28-36-23(15-40-28)18-8-11-21(34-5)19(13-18)14-33/h6-15,26,33-34H,1-5H3,(H,37,38)/p+1/t26-/m0/s1. The van der Waals surface area contributed by atoms with E-state index in [1.165, 1.54) is 22.7 Å². The number of nitrogens with two attached hydrogens (primary N) is 1. The summed E-state index contributed by atoms with van der Waals surface area (Å²) in [6.45, 7) is 7.46. The number of hydrogen-bond donors (Lipinski definition) is 3. The molecular formula is C31H30ClN4O3S2+. The second-order valence-electron chi connectivity index (χ2n) is 10.6. The van der Waals surface area contributed by atoms with Gasteiger partial charge in [-0.25, -0.2) is 14.8 Å². The highest BCUT2D eigenvalue weighted by atomic mass is 35.5. The second-order valence-corrected chi connectivity index (χ2v) is 12.9. The van der Waals surface area contributed by atoms with E-state index >= 15 is 0 Å². The zero-order chi connectivity index (χ0) is 29.5. The largest absolute Gasteiger partial charge is 0.479 e. The smallest absolute Gasteiger partial charge is 0.337 e. The maximum Gasteiger partial charge on any atom is 0.337 e. The molecule has 0 unspecified atom stereocenters. The van der Waals surface area contributed by atoms with Crippen molar-refractivity contribution in [2.45, 2.75) is 39.4 Å². The number of nitrogens with zero attached hydrogens (tertiary/aromatic N) is 2. The molecule has 7 nitrogen and oxygen atoms in total. The number of halogens is 1. The molecule has 3 aromatic carbocycles. The lowest BCUT2D eigenvalue weighted by Gasteiger charge is -2.28. The first-order valence-corrected chi connectivity index (χ1v) is 15.0. The number of ether oxygens (including phenoxy) is 1. The lowest BCUT2D eigenvalue weighted by molar-refractivity contribution is -0.160. The number of hydrogen-bond acceptors (Lipinski definition) is 7. The molecule has 0 aliphatic carbocycles. The highest BCUT2D eigenvalue weighted by Gasteiger charge is 2.32. The molecule has 1 atom stereocenters. The number of benzene rings is 3. The number of rotatable bonds is 8. The van der Waals surface area contributed by atoms with Crippen molar-refractivity contribution in [2.75, 3.05) is 12.4 Å². The van der Waals surface area contributed by atoms with E-state index in [-0.39, 0.29) is 0 Å². The minimum Gasteiger partial charge on any atom is -0.479 e. The van der Waals surface area contributed by atoms with Crippen molar-refractivity contribution in [1.82, 2.24) is 9.97 Å². The molecule has 10 heteroatoms. The molecule has 0 spiro atoms. The van der Waals surface area contributed by atoms with Crippen LogP contribution in [-0.2, 0) is 9.53 Å². The number of carboxylic acids is 1. The molecule has 0 bridgehead atoms. The minimum atomic E-state index is -1.17. The second kappa shape index (κ2) is 11.3. The summed E-state index contributed by atoms with van der Waals surface area (Å²) in [4.78, 5) is 22.4. The number of nitrogens with one attached hydrogen (secondary N) is 1. The Labute approximate surface area is 251 Å². The quantitative estimate of drug-likeness (QED) is 0.166. The molecule has 0 amide bonds. The van der Waals surface area contributed by atoms with Gasteiger partial charge in [0.25, 0.3) is 0 Å². The van der Waals surface area contributed by atoms with E-state index in [1.807, 2.05) is 76.5 Å². The summed E-state index contributed by atoms with van der Waals surface area (Å²) in [5.41, 5.74) is 6.71. The van der Waals surface area contributed by atoms with Crippen molar-refractivity contribution in [1.29, 1.82) is 0 Å². The predicted octanol–water partition coefficient (Wildman–Crippen LogP) is 6.88. The molecule has 0 fully saturated rings. The monoisotopic (exact) mass is 605 g/mol. The van der Waals surface area contributed by atoms with Gasteiger partial charge in [-0.2, -0.15) is 0 Å². The van der Waals surface area contributed by atoms with Gasteiger partial charge in [0.15, 0.2) is 22.3 Å². The topological polar surface area (TPSA) is 110 Å². The number of aryl methyl sites for hydroxylation is 1. The van der Waals surface area contributed by atoms with Crippen LogP contribution in [0.2, 0.25) is 5.02 Å². The molecule has 0 radical (unpaired) electrons. The number of aromatic nitrogens is 2. The van der Waals surface area contributed by atoms with Crippen molar-refractivity contribution >= 4 is 62.4 Å². The highest BCUT2D eigenvalue weighted by Crippen LogP contribution is 2.45. The summed E-state index contributed by atoms with van der Waals surface area (Å²) in [6, 6.07) is 15.3.